The molecule has 0 aliphatic carbocycles. The van der Waals surface area contributed by atoms with Gasteiger partial charge in [0, 0.05) is 5.69 Å². The second-order valence-corrected chi connectivity index (χ2v) is 5.19. The van der Waals surface area contributed by atoms with Crippen molar-refractivity contribution in [2.45, 2.75) is 0 Å². The summed E-state index contributed by atoms with van der Waals surface area (Å²) in [4.78, 5) is 9.50. The number of hydrogen-bond acceptors (Lipinski definition) is 7. The van der Waals surface area contributed by atoms with E-state index in [1.165, 1.54) is 0 Å². The predicted octanol–water partition coefficient (Wildman–Crippen LogP) is 2.41. The molecule has 0 spiro atoms. The van der Waals surface area contributed by atoms with E-state index in [9.17, 15) is 0 Å². The van der Waals surface area contributed by atoms with Crippen LogP contribution in [0.3, 0.4) is 0 Å². The lowest BCUT2D eigenvalue weighted by Gasteiger charge is -2.08. The SMILES string of the molecule is c1cc(Nc2ncnc3sccc23)cc(-n2cnnn2)c1. The van der Waals surface area contributed by atoms with E-state index in [0.717, 1.165) is 27.4 Å². The van der Waals surface area contributed by atoms with Crippen LogP contribution in [0.2, 0.25) is 0 Å². The van der Waals surface area contributed by atoms with E-state index in [1.807, 2.05) is 35.7 Å². The van der Waals surface area contributed by atoms with Gasteiger partial charge in [-0.05, 0) is 40.1 Å². The molecule has 3 heterocycles. The smallest absolute Gasteiger partial charge is 0.143 e. The average molecular weight is 295 g/mol. The van der Waals surface area contributed by atoms with Crippen molar-refractivity contribution in [2.24, 2.45) is 0 Å². The number of tetrazole rings is 1. The van der Waals surface area contributed by atoms with Crippen LogP contribution in [0, 0.1) is 0 Å². The van der Waals surface area contributed by atoms with Gasteiger partial charge < -0.3 is 5.32 Å². The molecule has 7 nitrogen and oxygen atoms in total. The molecule has 0 amide bonds. The molecule has 0 atom stereocenters. The van der Waals surface area contributed by atoms with Gasteiger partial charge in [0.15, 0.2) is 0 Å². The lowest BCUT2D eigenvalue weighted by atomic mass is 10.2. The molecule has 1 aromatic carbocycles. The van der Waals surface area contributed by atoms with Gasteiger partial charge in [-0.1, -0.05) is 6.07 Å². The molecule has 0 bridgehead atoms. The Kier molecular flexibility index (Phi) is 2.79. The highest BCUT2D eigenvalue weighted by Crippen LogP contribution is 2.26. The van der Waals surface area contributed by atoms with E-state index < -0.39 is 0 Å². The van der Waals surface area contributed by atoms with Crippen LogP contribution < -0.4 is 5.32 Å². The van der Waals surface area contributed by atoms with E-state index in [1.54, 1.807) is 28.7 Å². The minimum Gasteiger partial charge on any atom is -0.340 e. The summed E-state index contributed by atoms with van der Waals surface area (Å²) in [5, 5.41) is 17.5. The number of anilines is 2. The van der Waals surface area contributed by atoms with Gasteiger partial charge in [-0.2, -0.15) is 0 Å². The van der Waals surface area contributed by atoms with Crippen molar-refractivity contribution in [3.8, 4) is 5.69 Å². The first-order valence-electron chi connectivity index (χ1n) is 6.19. The molecule has 0 radical (unpaired) electrons. The molecular formula is C13H9N7S. The lowest BCUT2D eigenvalue weighted by molar-refractivity contribution is 0.789. The zero-order valence-corrected chi connectivity index (χ0v) is 11.5. The van der Waals surface area contributed by atoms with Crippen LogP contribution >= 0.6 is 11.3 Å². The predicted molar refractivity (Wildman–Crippen MR) is 79.9 cm³/mol. The number of fused-ring (bicyclic) bond motifs is 1. The quantitative estimate of drug-likeness (QED) is 0.625. The summed E-state index contributed by atoms with van der Waals surface area (Å²) in [6.45, 7) is 0. The van der Waals surface area contributed by atoms with Crippen LogP contribution in [0.15, 0.2) is 48.4 Å². The molecule has 4 rings (SSSR count). The standard InChI is InChI=1S/C13H9N7S/c1-2-9(6-10(3-1)20-8-16-18-19-20)17-12-11-4-5-21-13(11)15-7-14-12/h1-8H,(H,14,15,17). The van der Waals surface area contributed by atoms with Crippen molar-refractivity contribution >= 4 is 33.1 Å². The molecule has 0 saturated carbocycles. The highest BCUT2D eigenvalue weighted by molar-refractivity contribution is 7.16. The second kappa shape index (κ2) is 4.91. The molecular weight excluding hydrogens is 286 g/mol. The Bertz CT molecular complexity index is 884. The Morgan fingerprint density at radius 3 is 3.05 bits per heavy atom. The van der Waals surface area contributed by atoms with Crippen LogP contribution in [0.4, 0.5) is 11.5 Å². The van der Waals surface area contributed by atoms with E-state index in [4.69, 9.17) is 0 Å². The van der Waals surface area contributed by atoms with Crippen LogP contribution in [-0.4, -0.2) is 30.2 Å². The van der Waals surface area contributed by atoms with Gasteiger partial charge in [0.2, 0.25) is 0 Å². The van der Waals surface area contributed by atoms with E-state index in [-0.39, 0.29) is 0 Å². The van der Waals surface area contributed by atoms with Gasteiger partial charge in [-0.25, -0.2) is 14.6 Å². The van der Waals surface area contributed by atoms with Gasteiger partial charge in [0.1, 0.15) is 23.3 Å². The van der Waals surface area contributed by atoms with Crippen LogP contribution in [-0.2, 0) is 0 Å². The zero-order chi connectivity index (χ0) is 14.1. The molecule has 8 heteroatoms. The number of thiophene rings is 1. The van der Waals surface area contributed by atoms with E-state index in [0.29, 0.717) is 0 Å². The van der Waals surface area contributed by atoms with Crippen molar-refractivity contribution in [1.29, 1.82) is 0 Å². The Labute approximate surface area is 123 Å². The molecule has 0 unspecified atom stereocenters. The number of nitrogens with one attached hydrogen (secondary N) is 1. The third-order valence-corrected chi connectivity index (χ3v) is 3.80. The van der Waals surface area contributed by atoms with Crippen molar-refractivity contribution in [2.75, 3.05) is 5.32 Å². The fourth-order valence-corrected chi connectivity index (χ4v) is 2.76. The molecule has 102 valence electrons. The van der Waals surface area contributed by atoms with Crippen molar-refractivity contribution in [3.63, 3.8) is 0 Å². The Hall–Kier alpha value is -2.87. The maximum absolute atomic E-state index is 4.30. The molecule has 0 saturated heterocycles. The van der Waals surface area contributed by atoms with Crippen LogP contribution in [0.1, 0.15) is 0 Å². The van der Waals surface area contributed by atoms with Crippen LogP contribution in [0.5, 0.6) is 0 Å². The number of aromatic nitrogens is 6. The maximum Gasteiger partial charge on any atom is 0.143 e. The van der Waals surface area contributed by atoms with Crippen molar-refractivity contribution in [1.82, 2.24) is 30.2 Å². The first-order chi connectivity index (χ1) is 10.4. The molecule has 4 aromatic rings. The third kappa shape index (κ3) is 2.21. The first kappa shape index (κ1) is 11.9. The second-order valence-electron chi connectivity index (χ2n) is 4.29. The first-order valence-corrected chi connectivity index (χ1v) is 7.07. The average Bonchev–Trinajstić information content (AvgIpc) is 3.20. The molecule has 0 aliphatic heterocycles. The van der Waals surface area contributed by atoms with Gasteiger partial charge >= 0.3 is 0 Å². The largest absolute Gasteiger partial charge is 0.340 e. The fourth-order valence-electron chi connectivity index (χ4n) is 2.03. The third-order valence-electron chi connectivity index (χ3n) is 2.98. The number of rotatable bonds is 3. The number of nitrogens with zero attached hydrogens (tertiary/aromatic N) is 6. The van der Waals surface area contributed by atoms with Gasteiger partial charge in [0.25, 0.3) is 0 Å². The summed E-state index contributed by atoms with van der Waals surface area (Å²) < 4.78 is 1.60. The molecule has 0 aliphatic rings. The Morgan fingerprint density at radius 1 is 1.14 bits per heavy atom. The van der Waals surface area contributed by atoms with Crippen molar-refractivity contribution < 1.29 is 0 Å². The van der Waals surface area contributed by atoms with Gasteiger partial charge in [-0.3, -0.25) is 0 Å². The Morgan fingerprint density at radius 2 is 2.14 bits per heavy atom. The van der Waals surface area contributed by atoms with Gasteiger partial charge in [-0.15, -0.1) is 16.4 Å². The van der Waals surface area contributed by atoms with E-state index in [2.05, 4.69) is 30.8 Å². The van der Waals surface area contributed by atoms with E-state index >= 15 is 0 Å². The zero-order valence-electron chi connectivity index (χ0n) is 10.7. The monoisotopic (exact) mass is 295 g/mol. The fraction of sp³-hybridized carbons (Fsp3) is 0. The maximum atomic E-state index is 4.30. The van der Waals surface area contributed by atoms with Crippen LogP contribution in [0.25, 0.3) is 15.9 Å². The lowest BCUT2D eigenvalue weighted by Crippen LogP contribution is -1.98. The molecule has 21 heavy (non-hydrogen) atoms. The minimum atomic E-state index is 0.787. The summed E-state index contributed by atoms with van der Waals surface area (Å²) in [6, 6.07) is 9.80. The van der Waals surface area contributed by atoms with Gasteiger partial charge in [0.05, 0.1) is 11.1 Å². The molecule has 0 fully saturated rings. The minimum absolute atomic E-state index is 0.787. The molecule has 1 N–H and O–H groups in total. The summed E-state index contributed by atoms with van der Waals surface area (Å²) in [5.74, 6) is 0.787. The molecule has 3 aromatic heterocycles. The summed E-state index contributed by atoms with van der Waals surface area (Å²) >= 11 is 1.59. The number of benzene rings is 1. The highest BCUT2D eigenvalue weighted by atomic mass is 32.1. The van der Waals surface area contributed by atoms with Crippen molar-refractivity contribution in [3.05, 3.63) is 48.4 Å². The topological polar surface area (TPSA) is 81.4 Å². The summed E-state index contributed by atoms with van der Waals surface area (Å²) in [7, 11) is 0. The number of hydrogen-bond donors (Lipinski definition) is 1. The summed E-state index contributed by atoms with van der Waals surface area (Å²) in [5.41, 5.74) is 1.79. The summed E-state index contributed by atoms with van der Waals surface area (Å²) in [6.07, 6.45) is 3.12. The normalized spacial score (nSPS) is 10.9. The Balaban J connectivity index is 1.71. The highest BCUT2D eigenvalue weighted by Gasteiger charge is 2.06.